The van der Waals surface area contributed by atoms with Gasteiger partial charge in [0.1, 0.15) is 0 Å². The van der Waals surface area contributed by atoms with Crippen molar-refractivity contribution in [1.29, 1.82) is 0 Å². The maximum Gasteiger partial charge on any atom is 0.0485 e. The van der Waals surface area contributed by atoms with Crippen molar-refractivity contribution in [3.05, 3.63) is 77.9 Å². The molecule has 1 unspecified atom stereocenters. The van der Waals surface area contributed by atoms with Gasteiger partial charge in [0, 0.05) is 11.7 Å². The van der Waals surface area contributed by atoms with Crippen LogP contribution in [0.4, 0.5) is 5.69 Å². The SMILES string of the molecule is Cc1cccc(C(C)Nc2ccc3ccccc3c2)c1. The van der Waals surface area contributed by atoms with E-state index in [1.165, 1.54) is 21.9 Å². The Bertz CT molecular complexity index is 730. The van der Waals surface area contributed by atoms with Gasteiger partial charge in [-0.3, -0.25) is 0 Å². The fourth-order valence-corrected chi connectivity index (χ4v) is 2.55. The summed E-state index contributed by atoms with van der Waals surface area (Å²) in [5.41, 5.74) is 3.78. The molecule has 1 nitrogen and oxygen atoms in total. The number of benzene rings is 3. The molecule has 20 heavy (non-hydrogen) atoms. The Morgan fingerprint density at radius 1 is 0.800 bits per heavy atom. The van der Waals surface area contributed by atoms with E-state index in [4.69, 9.17) is 0 Å². The summed E-state index contributed by atoms with van der Waals surface area (Å²) in [4.78, 5) is 0. The maximum atomic E-state index is 3.58. The van der Waals surface area contributed by atoms with Crippen molar-refractivity contribution in [3.8, 4) is 0 Å². The molecule has 3 rings (SSSR count). The molecule has 100 valence electrons. The molecule has 0 saturated heterocycles. The normalized spacial score (nSPS) is 12.3. The van der Waals surface area contributed by atoms with Crippen molar-refractivity contribution in [2.75, 3.05) is 5.32 Å². The number of anilines is 1. The molecule has 0 aliphatic carbocycles. The van der Waals surface area contributed by atoms with E-state index in [-0.39, 0.29) is 0 Å². The lowest BCUT2D eigenvalue weighted by atomic mass is 10.0. The van der Waals surface area contributed by atoms with E-state index in [1.807, 2.05) is 0 Å². The number of nitrogens with one attached hydrogen (secondary N) is 1. The van der Waals surface area contributed by atoms with Crippen LogP contribution in [0.25, 0.3) is 10.8 Å². The lowest BCUT2D eigenvalue weighted by Crippen LogP contribution is -2.06. The second kappa shape index (κ2) is 5.38. The van der Waals surface area contributed by atoms with Crippen LogP contribution in [-0.2, 0) is 0 Å². The third-order valence-electron chi connectivity index (χ3n) is 3.67. The van der Waals surface area contributed by atoms with Gasteiger partial charge in [0.2, 0.25) is 0 Å². The number of aryl methyl sites for hydroxylation is 1. The minimum absolute atomic E-state index is 0.302. The zero-order valence-corrected chi connectivity index (χ0v) is 11.9. The van der Waals surface area contributed by atoms with Crippen LogP contribution >= 0.6 is 0 Å². The minimum atomic E-state index is 0.302. The van der Waals surface area contributed by atoms with Gasteiger partial charge in [-0.1, -0.05) is 60.2 Å². The van der Waals surface area contributed by atoms with E-state index in [0.29, 0.717) is 6.04 Å². The van der Waals surface area contributed by atoms with E-state index in [9.17, 15) is 0 Å². The highest BCUT2D eigenvalue weighted by Crippen LogP contribution is 2.23. The van der Waals surface area contributed by atoms with Gasteiger partial charge >= 0.3 is 0 Å². The van der Waals surface area contributed by atoms with E-state index >= 15 is 0 Å². The van der Waals surface area contributed by atoms with Crippen LogP contribution in [-0.4, -0.2) is 0 Å². The first-order valence-electron chi connectivity index (χ1n) is 7.04. The molecule has 3 aromatic carbocycles. The predicted octanol–water partition coefficient (Wildman–Crippen LogP) is 5.32. The van der Waals surface area contributed by atoms with E-state index < -0.39 is 0 Å². The quantitative estimate of drug-likeness (QED) is 0.672. The predicted molar refractivity (Wildman–Crippen MR) is 87.2 cm³/mol. The molecule has 0 saturated carbocycles. The molecule has 0 bridgehead atoms. The van der Waals surface area contributed by atoms with Crippen LogP contribution in [0.3, 0.4) is 0 Å². The summed E-state index contributed by atoms with van der Waals surface area (Å²) in [6.07, 6.45) is 0. The molecule has 0 amide bonds. The summed E-state index contributed by atoms with van der Waals surface area (Å²) in [6.45, 7) is 4.33. The molecule has 0 spiro atoms. The van der Waals surface area contributed by atoms with Crippen LogP contribution < -0.4 is 5.32 Å². The van der Waals surface area contributed by atoms with Gasteiger partial charge in [-0.25, -0.2) is 0 Å². The van der Waals surface area contributed by atoms with Crippen LogP contribution in [0.15, 0.2) is 66.7 Å². The van der Waals surface area contributed by atoms with Crippen molar-refractivity contribution in [2.24, 2.45) is 0 Å². The van der Waals surface area contributed by atoms with Crippen LogP contribution in [0.1, 0.15) is 24.1 Å². The number of fused-ring (bicyclic) bond motifs is 1. The Hall–Kier alpha value is -2.28. The summed E-state index contributed by atoms with van der Waals surface area (Å²) in [5.74, 6) is 0. The molecule has 1 atom stereocenters. The smallest absolute Gasteiger partial charge is 0.0485 e. The molecule has 0 fully saturated rings. The fraction of sp³-hybridized carbons (Fsp3) is 0.158. The van der Waals surface area contributed by atoms with Crippen molar-refractivity contribution in [3.63, 3.8) is 0 Å². The van der Waals surface area contributed by atoms with Crippen molar-refractivity contribution in [1.82, 2.24) is 0 Å². The molecule has 0 aromatic heterocycles. The van der Waals surface area contributed by atoms with Crippen molar-refractivity contribution >= 4 is 16.5 Å². The van der Waals surface area contributed by atoms with Crippen LogP contribution in [0.2, 0.25) is 0 Å². The highest BCUT2D eigenvalue weighted by Gasteiger charge is 2.05. The van der Waals surface area contributed by atoms with Crippen molar-refractivity contribution in [2.45, 2.75) is 19.9 Å². The van der Waals surface area contributed by atoms with Crippen molar-refractivity contribution < 1.29 is 0 Å². The average Bonchev–Trinajstić information content (AvgIpc) is 2.47. The molecular weight excluding hydrogens is 242 g/mol. The second-order valence-corrected chi connectivity index (χ2v) is 5.34. The molecule has 0 aliphatic heterocycles. The third kappa shape index (κ3) is 2.67. The molecule has 3 aromatic rings. The summed E-state index contributed by atoms with van der Waals surface area (Å²) < 4.78 is 0. The van der Waals surface area contributed by atoms with E-state index in [2.05, 4.69) is 85.9 Å². The second-order valence-electron chi connectivity index (χ2n) is 5.34. The first-order valence-corrected chi connectivity index (χ1v) is 7.04. The molecule has 0 heterocycles. The van der Waals surface area contributed by atoms with Crippen LogP contribution in [0, 0.1) is 6.92 Å². The van der Waals surface area contributed by atoms with Gasteiger partial charge in [0.15, 0.2) is 0 Å². The standard InChI is InChI=1S/C19H19N/c1-14-6-5-9-17(12-14)15(2)20-19-11-10-16-7-3-4-8-18(16)13-19/h3-13,15,20H,1-2H3. The van der Waals surface area contributed by atoms with E-state index in [1.54, 1.807) is 0 Å². The van der Waals surface area contributed by atoms with Gasteiger partial charge in [-0.2, -0.15) is 0 Å². The molecular formula is C19H19N. The Morgan fingerprint density at radius 3 is 2.40 bits per heavy atom. The number of hydrogen-bond acceptors (Lipinski definition) is 1. The van der Waals surface area contributed by atoms with Gasteiger partial charge in [-0.05, 0) is 42.3 Å². The molecule has 1 N–H and O–H groups in total. The van der Waals surface area contributed by atoms with Gasteiger partial charge in [0.05, 0.1) is 0 Å². The third-order valence-corrected chi connectivity index (χ3v) is 3.67. The lowest BCUT2D eigenvalue weighted by Gasteiger charge is -2.16. The maximum absolute atomic E-state index is 3.58. The summed E-state index contributed by atoms with van der Waals surface area (Å²) >= 11 is 0. The van der Waals surface area contributed by atoms with E-state index in [0.717, 1.165) is 5.69 Å². The Morgan fingerprint density at radius 2 is 1.60 bits per heavy atom. The Balaban J connectivity index is 1.85. The average molecular weight is 261 g/mol. The Labute approximate surface area is 120 Å². The summed E-state index contributed by atoms with van der Waals surface area (Å²) in [7, 11) is 0. The summed E-state index contributed by atoms with van der Waals surface area (Å²) in [6, 6.07) is 23.9. The number of hydrogen-bond donors (Lipinski definition) is 1. The summed E-state index contributed by atoms with van der Waals surface area (Å²) in [5, 5.41) is 6.13. The lowest BCUT2D eigenvalue weighted by molar-refractivity contribution is 0.883. The van der Waals surface area contributed by atoms with Crippen LogP contribution in [0.5, 0.6) is 0 Å². The molecule has 0 aliphatic rings. The first-order chi connectivity index (χ1) is 9.72. The monoisotopic (exact) mass is 261 g/mol. The van der Waals surface area contributed by atoms with Gasteiger partial charge in [-0.15, -0.1) is 0 Å². The Kier molecular flexibility index (Phi) is 3.42. The van der Waals surface area contributed by atoms with Gasteiger partial charge in [0.25, 0.3) is 0 Å². The molecule has 0 radical (unpaired) electrons. The van der Waals surface area contributed by atoms with Gasteiger partial charge < -0.3 is 5.32 Å². The highest BCUT2D eigenvalue weighted by molar-refractivity contribution is 5.85. The highest BCUT2D eigenvalue weighted by atomic mass is 14.9. The first kappa shape index (κ1) is 12.7. The topological polar surface area (TPSA) is 12.0 Å². The zero-order valence-electron chi connectivity index (χ0n) is 11.9. The number of rotatable bonds is 3. The fourth-order valence-electron chi connectivity index (χ4n) is 2.55. The minimum Gasteiger partial charge on any atom is -0.379 e. The largest absolute Gasteiger partial charge is 0.379 e. The zero-order chi connectivity index (χ0) is 13.9. The molecule has 1 heteroatoms.